The van der Waals surface area contributed by atoms with Crippen molar-refractivity contribution >= 4 is 11.6 Å². The zero-order chi connectivity index (χ0) is 13.0. The largest absolute Gasteiger partial charge is 0.326 e. The molecule has 2 unspecified atom stereocenters. The van der Waals surface area contributed by atoms with E-state index < -0.39 is 0 Å². The van der Waals surface area contributed by atoms with Crippen molar-refractivity contribution < 1.29 is 4.79 Å². The second-order valence-corrected chi connectivity index (χ2v) is 5.03. The third kappa shape index (κ3) is 3.10. The third-order valence-electron chi connectivity index (χ3n) is 3.73. The molecule has 1 heterocycles. The molecule has 0 aliphatic carbocycles. The van der Waals surface area contributed by atoms with E-state index in [-0.39, 0.29) is 17.9 Å². The molecule has 3 heteroatoms. The number of amides is 1. The Kier molecular flexibility index (Phi) is 4.37. The molecule has 1 aromatic carbocycles. The molecule has 1 aromatic rings. The second-order valence-electron chi connectivity index (χ2n) is 5.03. The first-order chi connectivity index (χ1) is 8.70. The van der Waals surface area contributed by atoms with Crippen molar-refractivity contribution in [2.75, 3.05) is 11.9 Å². The molecule has 2 atom stereocenters. The van der Waals surface area contributed by atoms with Gasteiger partial charge in [0.05, 0.1) is 5.92 Å². The molecule has 1 aliphatic heterocycles. The number of piperidine rings is 1. The summed E-state index contributed by atoms with van der Waals surface area (Å²) in [4.78, 5) is 12.2. The maximum absolute atomic E-state index is 12.2. The van der Waals surface area contributed by atoms with E-state index in [0.717, 1.165) is 31.5 Å². The molecular weight excluding hydrogens is 224 g/mol. The van der Waals surface area contributed by atoms with Crippen LogP contribution in [0.4, 0.5) is 5.69 Å². The number of hydrogen-bond acceptors (Lipinski definition) is 2. The summed E-state index contributed by atoms with van der Waals surface area (Å²) in [7, 11) is 0. The van der Waals surface area contributed by atoms with Gasteiger partial charge in [-0.2, -0.15) is 0 Å². The molecule has 1 amide bonds. The summed E-state index contributed by atoms with van der Waals surface area (Å²) >= 11 is 0. The molecule has 2 rings (SSSR count). The van der Waals surface area contributed by atoms with Crippen LogP contribution in [0.15, 0.2) is 24.3 Å². The van der Waals surface area contributed by atoms with Gasteiger partial charge in [0.25, 0.3) is 0 Å². The molecule has 0 spiro atoms. The van der Waals surface area contributed by atoms with Gasteiger partial charge in [-0.25, -0.2) is 0 Å². The highest BCUT2D eigenvalue weighted by Crippen LogP contribution is 2.19. The summed E-state index contributed by atoms with van der Waals surface area (Å²) < 4.78 is 0. The van der Waals surface area contributed by atoms with Crippen LogP contribution in [0, 0.1) is 5.92 Å². The molecule has 18 heavy (non-hydrogen) atoms. The Labute approximate surface area is 109 Å². The summed E-state index contributed by atoms with van der Waals surface area (Å²) in [6, 6.07) is 8.37. The lowest BCUT2D eigenvalue weighted by atomic mass is 9.91. The maximum atomic E-state index is 12.2. The first-order valence-corrected chi connectivity index (χ1v) is 6.84. The van der Waals surface area contributed by atoms with Crippen LogP contribution in [0.2, 0.25) is 0 Å². The van der Waals surface area contributed by atoms with Crippen LogP contribution < -0.4 is 10.6 Å². The van der Waals surface area contributed by atoms with Gasteiger partial charge in [-0.3, -0.25) is 4.79 Å². The molecular formula is C15H22N2O. The molecule has 3 nitrogen and oxygen atoms in total. The number of hydrogen-bond donors (Lipinski definition) is 2. The van der Waals surface area contributed by atoms with Gasteiger partial charge in [0.1, 0.15) is 0 Å². The smallest absolute Gasteiger partial charge is 0.229 e. The molecule has 0 saturated carbocycles. The topological polar surface area (TPSA) is 41.1 Å². The van der Waals surface area contributed by atoms with Gasteiger partial charge in [-0.15, -0.1) is 0 Å². The first-order valence-electron chi connectivity index (χ1n) is 6.84. The SMILES string of the molecule is CCc1ccc(NC(=O)C2CCCNC2C)cc1. The molecule has 98 valence electrons. The summed E-state index contributed by atoms with van der Waals surface area (Å²) in [5.74, 6) is 0.226. The van der Waals surface area contributed by atoms with Crippen molar-refractivity contribution in [1.82, 2.24) is 5.32 Å². The zero-order valence-electron chi connectivity index (χ0n) is 11.2. The number of anilines is 1. The highest BCUT2D eigenvalue weighted by atomic mass is 16.1. The summed E-state index contributed by atoms with van der Waals surface area (Å²) in [5.41, 5.74) is 2.19. The molecule has 1 aliphatic rings. The summed E-state index contributed by atoms with van der Waals surface area (Å²) in [5, 5.41) is 6.37. The quantitative estimate of drug-likeness (QED) is 0.860. The van der Waals surface area contributed by atoms with E-state index in [1.165, 1.54) is 5.56 Å². The molecule has 0 radical (unpaired) electrons. The fraction of sp³-hybridized carbons (Fsp3) is 0.533. The predicted molar refractivity (Wildman–Crippen MR) is 74.6 cm³/mol. The Hall–Kier alpha value is -1.35. The van der Waals surface area contributed by atoms with Crippen LogP contribution in [0.5, 0.6) is 0 Å². The van der Waals surface area contributed by atoms with E-state index in [2.05, 4.69) is 36.6 Å². The zero-order valence-corrected chi connectivity index (χ0v) is 11.2. The van der Waals surface area contributed by atoms with Gasteiger partial charge in [0.15, 0.2) is 0 Å². The van der Waals surface area contributed by atoms with Gasteiger partial charge >= 0.3 is 0 Å². The average Bonchev–Trinajstić information content (AvgIpc) is 2.40. The first kappa shape index (κ1) is 13.1. The molecule has 0 aromatic heterocycles. The van der Waals surface area contributed by atoms with Crippen molar-refractivity contribution in [2.45, 2.75) is 39.2 Å². The molecule has 1 fully saturated rings. The van der Waals surface area contributed by atoms with E-state index in [4.69, 9.17) is 0 Å². The number of carbonyl (C=O) groups excluding carboxylic acids is 1. The lowest BCUT2D eigenvalue weighted by Crippen LogP contribution is -2.44. The van der Waals surface area contributed by atoms with Crippen molar-refractivity contribution in [2.24, 2.45) is 5.92 Å². The van der Waals surface area contributed by atoms with E-state index in [1.54, 1.807) is 0 Å². The third-order valence-corrected chi connectivity index (χ3v) is 3.73. The van der Waals surface area contributed by atoms with Crippen molar-refractivity contribution in [3.63, 3.8) is 0 Å². The average molecular weight is 246 g/mol. The Morgan fingerprint density at radius 3 is 2.72 bits per heavy atom. The van der Waals surface area contributed by atoms with E-state index in [1.807, 2.05) is 12.1 Å². The van der Waals surface area contributed by atoms with Crippen LogP contribution in [0.3, 0.4) is 0 Å². The molecule has 1 saturated heterocycles. The van der Waals surface area contributed by atoms with Crippen LogP contribution in [0.1, 0.15) is 32.3 Å². The van der Waals surface area contributed by atoms with Crippen LogP contribution in [0.25, 0.3) is 0 Å². The Balaban J connectivity index is 1.97. The fourth-order valence-electron chi connectivity index (χ4n) is 2.46. The van der Waals surface area contributed by atoms with Crippen LogP contribution in [-0.2, 0) is 11.2 Å². The van der Waals surface area contributed by atoms with Crippen molar-refractivity contribution in [3.05, 3.63) is 29.8 Å². The second kappa shape index (κ2) is 6.01. The van der Waals surface area contributed by atoms with Gasteiger partial charge < -0.3 is 10.6 Å². The molecule has 2 N–H and O–H groups in total. The maximum Gasteiger partial charge on any atom is 0.229 e. The standard InChI is InChI=1S/C15H22N2O/c1-3-12-6-8-13(9-7-12)17-15(18)14-5-4-10-16-11(14)2/h6-9,11,14,16H,3-5,10H2,1-2H3,(H,17,18). The molecule has 0 bridgehead atoms. The number of carbonyl (C=O) groups is 1. The Bertz CT molecular complexity index is 399. The number of aryl methyl sites for hydroxylation is 1. The lowest BCUT2D eigenvalue weighted by Gasteiger charge is -2.28. The fourth-order valence-corrected chi connectivity index (χ4v) is 2.46. The number of nitrogens with one attached hydrogen (secondary N) is 2. The van der Waals surface area contributed by atoms with Gasteiger partial charge in [-0.05, 0) is 50.4 Å². The van der Waals surface area contributed by atoms with Gasteiger partial charge in [0.2, 0.25) is 5.91 Å². The van der Waals surface area contributed by atoms with E-state index in [0.29, 0.717) is 0 Å². The minimum Gasteiger partial charge on any atom is -0.326 e. The highest BCUT2D eigenvalue weighted by Gasteiger charge is 2.27. The van der Waals surface area contributed by atoms with E-state index >= 15 is 0 Å². The van der Waals surface area contributed by atoms with Gasteiger partial charge in [-0.1, -0.05) is 19.1 Å². The van der Waals surface area contributed by atoms with Crippen molar-refractivity contribution in [1.29, 1.82) is 0 Å². The normalized spacial score (nSPS) is 23.7. The monoisotopic (exact) mass is 246 g/mol. The Morgan fingerprint density at radius 2 is 2.11 bits per heavy atom. The van der Waals surface area contributed by atoms with Crippen LogP contribution >= 0.6 is 0 Å². The Morgan fingerprint density at radius 1 is 1.39 bits per heavy atom. The van der Waals surface area contributed by atoms with Gasteiger partial charge in [0, 0.05) is 11.7 Å². The highest BCUT2D eigenvalue weighted by molar-refractivity contribution is 5.93. The predicted octanol–water partition coefficient (Wildman–Crippen LogP) is 2.58. The lowest BCUT2D eigenvalue weighted by molar-refractivity contribution is -0.121. The van der Waals surface area contributed by atoms with Crippen LogP contribution in [-0.4, -0.2) is 18.5 Å². The minimum absolute atomic E-state index is 0.0876. The van der Waals surface area contributed by atoms with E-state index in [9.17, 15) is 4.79 Å². The summed E-state index contributed by atoms with van der Waals surface area (Å²) in [6.45, 7) is 5.24. The minimum atomic E-state index is 0.0876. The number of benzene rings is 1. The summed E-state index contributed by atoms with van der Waals surface area (Å²) in [6.07, 6.45) is 3.09. The van der Waals surface area contributed by atoms with Crippen molar-refractivity contribution in [3.8, 4) is 0 Å². The number of rotatable bonds is 3.